The van der Waals surface area contributed by atoms with Crippen LogP contribution >= 0.6 is 0 Å². The van der Waals surface area contributed by atoms with Gasteiger partial charge in [-0.15, -0.1) is 0 Å². The van der Waals surface area contributed by atoms with Crippen molar-refractivity contribution in [2.24, 2.45) is 0 Å². The van der Waals surface area contributed by atoms with E-state index in [0.717, 1.165) is 11.1 Å². The smallest absolute Gasteiger partial charge is 0.296 e. The number of likely N-dealkylation sites (tertiary alicyclic amines) is 1. The SMILES string of the molecule is COc1ccc(/C(O)=C2/C(=O)C(=O)N(Cc3cccnc3)C2c2ccco2)cc1C(C)C. The number of benzene rings is 1. The van der Waals surface area contributed by atoms with Crippen LogP contribution in [-0.2, 0) is 16.1 Å². The van der Waals surface area contributed by atoms with Gasteiger partial charge in [0.05, 0.1) is 18.9 Å². The van der Waals surface area contributed by atoms with Crippen molar-refractivity contribution < 1.29 is 23.8 Å². The van der Waals surface area contributed by atoms with Gasteiger partial charge in [0.1, 0.15) is 23.3 Å². The highest BCUT2D eigenvalue weighted by Crippen LogP contribution is 2.41. The van der Waals surface area contributed by atoms with Gasteiger partial charge in [-0.1, -0.05) is 19.9 Å². The molecule has 1 aliphatic heterocycles. The second-order valence-electron chi connectivity index (χ2n) is 7.92. The first-order valence-corrected chi connectivity index (χ1v) is 10.3. The summed E-state index contributed by atoms with van der Waals surface area (Å²) in [5.41, 5.74) is 2.08. The number of ketones is 1. The van der Waals surface area contributed by atoms with Gasteiger partial charge in [0.2, 0.25) is 0 Å². The number of furan rings is 1. The molecule has 164 valence electrons. The molecule has 0 saturated carbocycles. The molecule has 0 aliphatic carbocycles. The average Bonchev–Trinajstić information content (AvgIpc) is 3.41. The van der Waals surface area contributed by atoms with Crippen LogP contribution in [0.3, 0.4) is 0 Å². The van der Waals surface area contributed by atoms with Crippen LogP contribution in [0.4, 0.5) is 0 Å². The third-order valence-electron chi connectivity index (χ3n) is 5.55. The summed E-state index contributed by atoms with van der Waals surface area (Å²) < 4.78 is 11.0. The summed E-state index contributed by atoms with van der Waals surface area (Å²) in [5, 5.41) is 11.2. The second kappa shape index (κ2) is 8.70. The van der Waals surface area contributed by atoms with Crippen LogP contribution in [0.25, 0.3) is 5.76 Å². The van der Waals surface area contributed by atoms with E-state index in [0.29, 0.717) is 17.1 Å². The Morgan fingerprint density at radius 2 is 2.03 bits per heavy atom. The van der Waals surface area contributed by atoms with Gasteiger partial charge in [-0.2, -0.15) is 0 Å². The van der Waals surface area contributed by atoms with Gasteiger partial charge in [-0.25, -0.2) is 0 Å². The van der Waals surface area contributed by atoms with Crippen molar-refractivity contribution in [2.75, 3.05) is 7.11 Å². The fourth-order valence-electron chi connectivity index (χ4n) is 3.96. The van der Waals surface area contributed by atoms with E-state index in [1.54, 1.807) is 55.9 Å². The molecule has 0 bridgehead atoms. The Labute approximate surface area is 186 Å². The highest BCUT2D eigenvalue weighted by molar-refractivity contribution is 6.46. The summed E-state index contributed by atoms with van der Waals surface area (Å²) in [6, 6.07) is 11.3. The van der Waals surface area contributed by atoms with Gasteiger partial charge in [0.25, 0.3) is 11.7 Å². The van der Waals surface area contributed by atoms with E-state index in [9.17, 15) is 14.7 Å². The highest BCUT2D eigenvalue weighted by atomic mass is 16.5. The number of aromatic nitrogens is 1. The summed E-state index contributed by atoms with van der Waals surface area (Å²) in [6.45, 7) is 4.18. The Balaban J connectivity index is 1.84. The summed E-state index contributed by atoms with van der Waals surface area (Å²) >= 11 is 0. The van der Waals surface area contributed by atoms with E-state index in [2.05, 4.69) is 4.98 Å². The molecule has 3 heterocycles. The molecule has 1 atom stereocenters. The van der Waals surface area contributed by atoms with Crippen LogP contribution in [0.5, 0.6) is 5.75 Å². The van der Waals surface area contributed by atoms with Crippen LogP contribution in [0, 0.1) is 0 Å². The van der Waals surface area contributed by atoms with E-state index in [4.69, 9.17) is 9.15 Å². The standard InChI is InChI=1S/C25H24N2O5/c1-15(2)18-12-17(8-9-19(18)31-3)23(28)21-22(20-7-5-11-32-20)27(25(30)24(21)29)14-16-6-4-10-26-13-16/h4-13,15,22,28H,14H2,1-3H3/b23-21-. The summed E-state index contributed by atoms with van der Waals surface area (Å²) in [4.78, 5) is 31.5. The van der Waals surface area contributed by atoms with E-state index in [1.807, 2.05) is 19.9 Å². The number of hydrogen-bond acceptors (Lipinski definition) is 6. The summed E-state index contributed by atoms with van der Waals surface area (Å²) in [5.74, 6) is -0.484. The number of rotatable bonds is 6. The number of ether oxygens (including phenoxy) is 1. The van der Waals surface area contributed by atoms with Crippen LogP contribution < -0.4 is 4.74 Å². The molecule has 1 aliphatic rings. The third-order valence-corrected chi connectivity index (χ3v) is 5.55. The molecule has 32 heavy (non-hydrogen) atoms. The summed E-state index contributed by atoms with van der Waals surface area (Å²) in [6.07, 6.45) is 4.75. The lowest BCUT2D eigenvalue weighted by Gasteiger charge is -2.23. The van der Waals surface area contributed by atoms with E-state index in [-0.39, 0.29) is 23.8 Å². The third kappa shape index (κ3) is 3.77. The molecule has 7 nitrogen and oxygen atoms in total. The Morgan fingerprint density at radius 1 is 1.22 bits per heavy atom. The molecule has 1 aromatic carbocycles. The molecule has 1 unspecified atom stereocenters. The minimum atomic E-state index is -0.852. The maximum absolute atomic E-state index is 13.1. The average molecular weight is 432 g/mol. The zero-order valence-electron chi connectivity index (χ0n) is 18.1. The molecular weight excluding hydrogens is 408 g/mol. The summed E-state index contributed by atoms with van der Waals surface area (Å²) in [7, 11) is 1.58. The van der Waals surface area contributed by atoms with Crippen molar-refractivity contribution in [3.8, 4) is 5.75 Å². The zero-order valence-corrected chi connectivity index (χ0v) is 18.1. The molecule has 1 fully saturated rings. The first kappa shape index (κ1) is 21.4. The van der Waals surface area contributed by atoms with Crippen LogP contribution in [0.2, 0.25) is 0 Å². The molecular formula is C25H24N2O5. The van der Waals surface area contributed by atoms with Gasteiger partial charge < -0.3 is 19.2 Å². The van der Waals surface area contributed by atoms with Crippen molar-refractivity contribution >= 4 is 17.4 Å². The quantitative estimate of drug-likeness (QED) is 0.352. The van der Waals surface area contributed by atoms with Crippen molar-refractivity contribution in [1.82, 2.24) is 9.88 Å². The van der Waals surface area contributed by atoms with E-state index < -0.39 is 17.7 Å². The van der Waals surface area contributed by atoms with Crippen molar-refractivity contribution in [2.45, 2.75) is 32.4 Å². The van der Waals surface area contributed by atoms with E-state index in [1.165, 1.54) is 11.2 Å². The highest BCUT2D eigenvalue weighted by Gasteiger charge is 2.47. The fraction of sp³-hybridized carbons (Fsp3) is 0.240. The number of carbonyl (C=O) groups excluding carboxylic acids is 2. The van der Waals surface area contributed by atoms with Gasteiger partial charge in [0, 0.05) is 24.5 Å². The molecule has 3 aromatic rings. The maximum atomic E-state index is 13.1. The van der Waals surface area contributed by atoms with Gasteiger partial charge in [-0.3, -0.25) is 14.6 Å². The molecule has 4 rings (SSSR count). The van der Waals surface area contributed by atoms with Crippen LogP contribution in [0.1, 0.15) is 48.3 Å². The number of amides is 1. The Bertz CT molecular complexity index is 1170. The Kier molecular flexibility index (Phi) is 5.81. The van der Waals surface area contributed by atoms with E-state index >= 15 is 0 Å². The maximum Gasteiger partial charge on any atom is 0.296 e. The number of nitrogens with zero attached hydrogens (tertiary/aromatic N) is 2. The zero-order chi connectivity index (χ0) is 22.8. The number of aliphatic hydroxyl groups is 1. The largest absolute Gasteiger partial charge is 0.507 e. The topological polar surface area (TPSA) is 92.9 Å². The number of methoxy groups -OCH3 is 1. The lowest BCUT2D eigenvalue weighted by atomic mass is 9.95. The lowest BCUT2D eigenvalue weighted by Crippen LogP contribution is -2.29. The first-order chi connectivity index (χ1) is 15.4. The molecule has 0 radical (unpaired) electrons. The second-order valence-corrected chi connectivity index (χ2v) is 7.92. The number of aliphatic hydroxyl groups excluding tert-OH is 1. The molecule has 1 saturated heterocycles. The number of hydrogen-bond donors (Lipinski definition) is 1. The lowest BCUT2D eigenvalue weighted by molar-refractivity contribution is -0.140. The Hall–Kier alpha value is -3.87. The molecule has 7 heteroatoms. The predicted octanol–water partition coefficient (Wildman–Crippen LogP) is 4.43. The molecule has 0 spiro atoms. The minimum absolute atomic E-state index is 0.00582. The Morgan fingerprint density at radius 3 is 2.66 bits per heavy atom. The van der Waals surface area contributed by atoms with Crippen LogP contribution in [0.15, 0.2) is 71.1 Å². The fourth-order valence-corrected chi connectivity index (χ4v) is 3.96. The minimum Gasteiger partial charge on any atom is -0.507 e. The van der Waals surface area contributed by atoms with Crippen molar-refractivity contribution in [3.05, 3.63) is 89.1 Å². The molecule has 2 aromatic heterocycles. The molecule has 1 amide bonds. The number of carbonyl (C=O) groups is 2. The van der Waals surface area contributed by atoms with Crippen molar-refractivity contribution in [3.63, 3.8) is 0 Å². The van der Waals surface area contributed by atoms with Gasteiger partial charge in [-0.05, 0) is 53.4 Å². The number of pyridine rings is 1. The monoisotopic (exact) mass is 432 g/mol. The molecule has 1 N–H and O–H groups in total. The van der Waals surface area contributed by atoms with Crippen LogP contribution in [-0.4, -0.2) is 33.8 Å². The van der Waals surface area contributed by atoms with Gasteiger partial charge >= 0.3 is 0 Å². The normalized spacial score (nSPS) is 17.9. The van der Waals surface area contributed by atoms with Gasteiger partial charge in [0.15, 0.2) is 0 Å². The number of Topliss-reactive ketones (excluding diaryl/α,β-unsaturated/α-hetero) is 1. The van der Waals surface area contributed by atoms with Crippen molar-refractivity contribution in [1.29, 1.82) is 0 Å². The first-order valence-electron chi connectivity index (χ1n) is 10.3. The predicted molar refractivity (Wildman–Crippen MR) is 118 cm³/mol.